The monoisotopic (exact) mass is 382 g/mol. The van der Waals surface area contributed by atoms with Gasteiger partial charge in [-0.3, -0.25) is 4.79 Å². The van der Waals surface area contributed by atoms with Gasteiger partial charge in [0.05, 0.1) is 19.6 Å². The molecule has 1 atom stereocenters. The summed E-state index contributed by atoms with van der Waals surface area (Å²) in [6, 6.07) is 10.8. The van der Waals surface area contributed by atoms with Crippen LogP contribution in [0.5, 0.6) is 11.5 Å². The first-order valence-corrected chi connectivity index (χ1v) is 8.82. The molecule has 6 heteroatoms. The number of hydrogen-bond donors (Lipinski definition) is 0. The Kier molecular flexibility index (Phi) is 5.40. The van der Waals surface area contributed by atoms with Crippen molar-refractivity contribution in [2.75, 3.05) is 14.2 Å². The van der Waals surface area contributed by atoms with Crippen molar-refractivity contribution in [3.05, 3.63) is 57.7 Å². The SMILES string of the molecule is COC(=O)[C@H](C)Oc1c(-c2ccc(OC)cc2)oc2cc(C)cc(C)c2c1=O. The first-order chi connectivity index (χ1) is 13.3. The molecule has 0 bridgehead atoms. The molecule has 1 aromatic heterocycles. The van der Waals surface area contributed by atoms with Crippen LogP contribution in [0, 0.1) is 13.8 Å². The Balaban J connectivity index is 2.27. The van der Waals surface area contributed by atoms with Crippen LogP contribution >= 0.6 is 0 Å². The van der Waals surface area contributed by atoms with E-state index in [1.54, 1.807) is 31.4 Å². The largest absolute Gasteiger partial charge is 0.497 e. The number of esters is 1. The Labute approximate surface area is 162 Å². The number of carbonyl (C=O) groups is 1. The zero-order valence-corrected chi connectivity index (χ0v) is 16.5. The Morgan fingerprint density at radius 1 is 1.07 bits per heavy atom. The van der Waals surface area contributed by atoms with Gasteiger partial charge in [-0.2, -0.15) is 0 Å². The minimum absolute atomic E-state index is 0.0254. The number of hydrogen-bond acceptors (Lipinski definition) is 6. The maximum absolute atomic E-state index is 13.3. The van der Waals surface area contributed by atoms with Crippen LogP contribution in [0.1, 0.15) is 18.1 Å². The van der Waals surface area contributed by atoms with E-state index in [2.05, 4.69) is 0 Å². The molecule has 6 nitrogen and oxygen atoms in total. The predicted octanol–water partition coefficient (Wildman–Crippen LogP) is 4.03. The molecule has 0 aliphatic rings. The normalized spacial score (nSPS) is 11.9. The van der Waals surface area contributed by atoms with Crippen molar-refractivity contribution in [3.8, 4) is 22.8 Å². The van der Waals surface area contributed by atoms with E-state index in [-0.39, 0.29) is 16.9 Å². The third kappa shape index (κ3) is 3.58. The van der Waals surface area contributed by atoms with Gasteiger partial charge in [0, 0.05) is 5.56 Å². The molecule has 0 amide bonds. The van der Waals surface area contributed by atoms with E-state index >= 15 is 0 Å². The molecule has 0 saturated heterocycles. The molecule has 3 rings (SSSR count). The summed E-state index contributed by atoms with van der Waals surface area (Å²) in [5, 5.41) is 0.426. The van der Waals surface area contributed by atoms with Crippen LogP contribution in [-0.2, 0) is 9.53 Å². The van der Waals surface area contributed by atoms with E-state index in [9.17, 15) is 9.59 Å². The Morgan fingerprint density at radius 3 is 2.36 bits per heavy atom. The van der Waals surface area contributed by atoms with Gasteiger partial charge in [0.25, 0.3) is 0 Å². The van der Waals surface area contributed by atoms with Crippen molar-refractivity contribution in [2.24, 2.45) is 0 Å². The quantitative estimate of drug-likeness (QED) is 0.620. The minimum atomic E-state index is -0.965. The predicted molar refractivity (Wildman–Crippen MR) is 106 cm³/mol. The smallest absolute Gasteiger partial charge is 0.346 e. The standard InChI is InChI=1S/C22H22O6/c1-12-10-13(2)18-17(11-12)28-20(15-6-8-16(25-4)9-7-15)21(19(18)23)27-14(3)22(24)26-5/h6-11,14H,1-5H3/t14-/m0/s1. The lowest BCUT2D eigenvalue weighted by Crippen LogP contribution is -2.27. The highest BCUT2D eigenvalue weighted by atomic mass is 16.6. The average molecular weight is 382 g/mol. The molecular weight excluding hydrogens is 360 g/mol. The lowest BCUT2D eigenvalue weighted by molar-refractivity contribution is -0.147. The third-order valence-electron chi connectivity index (χ3n) is 4.48. The number of fused-ring (bicyclic) bond motifs is 1. The Bertz CT molecular complexity index is 1080. The van der Waals surface area contributed by atoms with E-state index in [0.29, 0.717) is 22.3 Å². The highest BCUT2D eigenvalue weighted by Crippen LogP contribution is 2.33. The Hall–Kier alpha value is -3.28. The zero-order chi connectivity index (χ0) is 20.4. The maximum Gasteiger partial charge on any atom is 0.346 e. The van der Waals surface area contributed by atoms with Gasteiger partial charge in [0.2, 0.25) is 11.2 Å². The van der Waals surface area contributed by atoms with Gasteiger partial charge in [-0.1, -0.05) is 6.07 Å². The van der Waals surface area contributed by atoms with Crippen molar-refractivity contribution in [2.45, 2.75) is 26.9 Å². The second kappa shape index (κ2) is 7.76. The van der Waals surface area contributed by atoms with Gasteiger partial charge < -0.3 is 18.6 Å². The number of benzene rings is 2. The lowest BCUT2D eigenvalue weighted by Gasteiger charge is -2.16. The first kappa shape index (κ1) is 19.5. The van der Waals surface area contributed by atoms with E-state index in [0.717, 1.165) is 11.1 Å². The van der Waals surface area contributed by atoms with Gasteiger partial charge >= 0.3 is 5.97 Å². The van der Waals surface area contributed by atoms with E-state index in [4.69, 9.17) is 18.6 Å². The van der Waals surface area contributed by atoms with Gasteiger partial charge in [-0.05, 0) is 62.2 Å². The average Bonchev–Trinajstić information content (AvgIpc) is 2.68. The summed E-state index contributed by atoms with van der Waals surface area (Å²) in [6.07, 6.45) is -0.965. The molecule has 0 saturated carbocycles. The van der Waals surface area contributed by atoms with Crippen molar-refractivity contribution in [1.29, 1.82) is 0 Å². The molecule has 0 aliphatic heterocycles. The van der Waals surface area contributed by atoms with Crippen LogP contribution in [0.25, 0.3) is 22.3 Å². The van der Waals surface area contributed by atoms with Crippen molar-refractivity contribution < 1.29 is 23.4 Å². The third-order valence-corrected chi connectivity index (χ3v) is 4.48. The molecule has 0 radical (unpaired) electrons. The van der Waals surface area contributed by atoms with Crippen LogP contribution in [0.2, 0.25) is 0 Å². The van der Waals surface area contributed by atoms with E-state index in [1.807, 2.05) is 26.0 Å². The molecule has 0 fully saturated rings. The second-order valence-electron chi connectivity index (χ2n) is 6.56. The van der Waals surface area contributed by atoms with Crippen LogP contribution < -0.4 is 14.9 Å². The molecule has 0 unspecified atom stereocenters. The topological polar surface area (TPSA) is 75.0 Å². The molecule has 28 heavy (non-hydrogen) atoms. The molecule has 0 spiro atoms. The van der Waals surface area contributed by atoms with Crippen molar-refractivity contribution >= 4 is 16.9 Å². The molecular formula is C22H22O6. The minimum Gasteiger partial charge on any atom is -0.497 e. The summed E-state index contributed by atoms with van der Waals surface area (Å²) in [5.74, 6) is 0.313. The molecule has 0 N–H and O–H groups in total. The van der Waals surface area contributed by atoms with E-state index in [1.165, 1.54) is 14.0 Å². The van der Waals surface area contributed by atoms with Gasteiger partial charge in [0.15, 0.2) is 11.9 Å². The second-order valence-corrected chi connectivity index (χ2v) is 6.56. The summed E-state index contributed by atoms with van der Waals surface area (Å²) in [7, 11) is 2.84. The zero-order valence-electron chi connectivity index (χ0n) is 16.5. The van der Waals surface area contributed by atoms with Crippen molar-refractivity contribution in [1.82, 2.24) is 0 Å². The summed E-state index contributed by atoms with van der Waals surface area (Å²) in [5.41, 5.74) is 2.52. The van der Waals surface area contributed by atoms with Gasteiger partial charge in [-0.25, -0.2) is 4.79 Å². The highest BCUT2D eigenvalue weighted by molar-refractivity contribution is 5.85. The summed E-state index contributed by atoms with van der Waals surface area (Å²) in [6.45, 7) is 5.30. The highest BCUT2D eigenvalue weighted by Gasteiger charge is 2.24. The maximum atomic E-state index is 13.3. The fourth-order valence-corrected chi connectivity index (χ4v) is 3.10. The molecule has 3 aromatic rings. The van der Waals surface area contributed by atoms with Gasteiger partial charge in [-0.15, -0.1) is 0 Å². The van der Waals surface area contributed by atoms with Crippen LogP contribution in [-0.4, -0.2) is 26.3 Å². The molecule has 146 valence electrons. The number of rotatable bonds is 5. The number of ether oxygens (including phenoxy) is 3. The number of carbonyl (C=O) groups excluding carboxylic acids is 1. The molecule has 1 heterocycles. The van der Waals surface area contributed by atoms with E-state index < -0.39 is 12.1 Å². The molecule has 2 aromatic carbocycles. The Morgan fingerprint density at radius 2 is 1.75 bits per heavy atom. The summed E-state index contributed by atoms with van der Waals surface area (Å²) < 4.78 is 21.7. The van der Waals surface area contributed by atoms with Gasteiger partial charge in [0.1, 0.15) is 11.3 Å². The fourth-order valence-electron chi connectivity index (χ4n) is 3.10. The van der Waals surface area contributed by atoms with Crippen LogP contribution in [0.15, 0.2) is 45.6 Å². The molecule has 0 aliphatic carbocycles. The first-order valence-electron chi connectivity index (χ1n) is 8.82. The summed E-state index contributed by atoms with van der Waals surface area (Å²) in [4.78, 5) is 25.1. The van der Waals surface area contributed by atoms with Crippen LogP contribution in [0.3, 0.4) is 0 Å². The van der Waals surface area contributed by atoms with Crippen LogP contribution in [0.4, 0.5) is 0 Å². The fraction of sp³-hybridized carbons (Fsp3) is 0.273. The lowest BCUT2D eigenvalue weighted by atomic mass is 10.0. The number of aryl methyl sites for hydroxylation is 2. The number of methoxy groups -OCH3 is 2. The van der Waals surface area contributed by atoms with Crippen molar-refractivity contribution in [3.63, 3.8) is 0 Å². The summed E-state index contributed by atoms with van der Waals surface area (Å²) >= 11 is 0.